The normalized spacial score (nSPS) is 34.4. The van der Waals surface area contributed by atoms with E-state index in [1.807, 2.05) is 12.2 Å². The number of hydrogen-bond donors (Lipinski definition) is 2. The number of allylic oxidation sites excluding steroid dienone is 2. The predicted molar refractivity (Wildman–Crippen MR) is 75.7 cm³/mol. The second kappa shape index (κ2) is 4.35. The molecule has 104 valence electrons. The van der Waals surface area contributed by atoms with E-state index in [2.05, 4.69) is 0 Å². The molecule has 3 rings (SSSR count). The summed E-state index contributed by atoms with van der Waals surface area (Å²) < 4.78 is 0. The van der Waals surface area contributed by atoms with Crippen LogP contribution in [0.5, 0.6) is 0 Å². The van der Waals surface area contributed by atoms with Gasteiger partial charge in [0.05, 0.1) is 11.3 Å². The molecule has 20 heavy (non-hydrogen) atoms. The van der Waals surface area contributed by atoms with Gasteiger partial charge in [-0.05, 0) is 36.0 Å². The summed E-state index contributed by atoms with van der Waals surface area (Å²) in [4.78, 5) is 24.2. The van der Waals surface area contributed by atoms with E-state index in [1.54, 1.807) is 24.3 Å². The van der Waals surface area contributed by atoms with Gasteiger partial charge in [-0.25, -0.2) is 0 Å². The third-order valence-corrected chi connectivity index (χ3v) is 4.91. The first-order valence-electron chi connectivity index (χ1n) is 6.51. The summed E-state index contributed by atoms with van der Waals surface area (Å²) >= 11 is 5.90. The topological polar surface area (TPSA) is 86.2 Å². The molecular formula is C15H15ClN2O2. The third-order valence-electron chi connectivity index (χ3n) is 4.66. The summed E-state index contributed by atoms with van der Waals surface area (Å²) in [6.45, 7) is 0. The average Bonchev–Trinajstić information content (AvgIpc) is 2.98. The van der Waals surface area contributed by atoms with Crippen LogP contribution in [0.4, 0.5) is 0 Å². The van der Waals surface area contributed by atoms with Crippen LogP contribution in [-0.2, 0) is 15.0 Å². The lowest BCUT2D eigenvalue weighted by atomic mass is 9.63. The number of primary amides is 2. The number of halogens is 1. The Kier molecular flexibility index (Phi) is 2.87. The number of amides is 2. The quantitative estimate of drug-likeness (QED) is 0.824. The highest BCUT2D eigenvalue weighted by Gasteiger charge is 2.62. The van der Waals surface area contributed by atoms with E-state index in [-0.39, 0.29) is 11.8 Å². The second-order valence-corrected chi connectivity index (χ2v) is 5.95. The smallest absolute Gasteiger partial charge is 0.229 e. The summed E-state index contributed by atoms with van der Waals surface area (Å²) in [5, 5.41) is 0.572. The van der Waals surface area contributed by atoms with Crippen molar-refractivity contribution in [2.75, 3.05) is 0 Å². The zero-order chi connectivity index (χ0) is 14.5. The molecule has 1 aromatic rings. The second-order valence-electron chi connectivity index (χ2n) is 5.51. The maximum absolute atomic E-state index is 12.3. The van der Waals surface area contributed by atoms with Crippen LogP contribution in [0, 0.1) is 17.8 Å². The Balaban J connectivity index is 2.22. The summed E-state index contributed by atoms with van der Waals surface area (Å²) in [5.41, 5.74) is 10.9. The number of hydrogen-bond acceptors (Lipinski definition) is 2. The highest BCUT2D eigenvalue weighted by molar-refractivity contribution is 6.30. The minimum absolute atomic E-state index is 0.0133. The molecule has 0 saturated heterocycles. The van der Waals surface area contributed by atoms with Gasteiger partial charge in [0.2, 0.25) is 11.8 Å². The fourth-order valence-corrected chi connectivity index (χ4v) is 4.04. The fourth-order valence-electron chi connectivity index (χ4n) is 3.91. The predicted octanol–water partition coefficient (Wildman–Crippen LogP) is 1.37. The molecule has 5 heteroatoms. The SMILES string of the molecule is NC(=O)C1C2C=CC(C2)C1(C(N)=O)c1ccc(Cl)cc1. The van der Waals surface area contributed by atoms with Gasteiger partial charge in [0, 0.05) is 5.02 Å². The number of fused-ring (bicyclic) bond motifs is 2. The molecule has 1 saturated carbocycles. The number of benzene rings is 1. The van der Waals surface area contributed by atoms with Gasteiger partial charge in [-0.1, -0.05) is 35.9 Å². The molecule has 4 N–H and O–H groups in total. The summed E-state index contributed by atoms with van der Waals surface area (Å²) in [5.74, 6) is -1.66. The number of rotatable bonds is 3. The molecule has 1 aromatic carbocycles. The maximum Gasteiger partial charge on any atom is 0.229 e. The first-order chi connectivity index (χ1) is 9.47. The van der Waals surface area contributed by atoms with Crippen molar-refractivity contribution in [1.82, 2.24) is 0 Å². The molecule has 0 spiro atoms. The van der Waals surface area contributed by atoms with Crippen LogP contribution >= 0.6 is 11.6 Å². The van der Waals surface area contributed by atoms with E-state index >= 15 is 0 Å². The van der Waals surface area contributed by atoms with Crippen molar-refractivity contribution >= 4 is 23.4 Å². The van der Waals surface area contributed by atoms with Crippen LogP contribution in [0.15, 0.2) is 36.4 Å². The van der Waals surface area contributed by atoms with Gasteiger partial charge in [-0.2, -0.15) is 0 Å². The Morgan fingerprint density at radius 3 is 2.35 bits per heavy atom. The Morgan fingerprint density at radius 1 is 1.15 bits per heavy atom. The Bertz CT molecular complexity index is 611. The van der Waals surface area contributed by atoms with Crippen molar-refractivity contribution < 1.29 is 9.59 Å². The van der Waals surface area contributed by atoms with Gasteiger partial charge < -0.3 is 11.5 Å². The molecule has 4 nitrogen and oxygen atoms in total. The van der Waals surface area contributed by atoms with Crippen molar-refractivity contribution in [3.8, 4) is 0 Å². The van der Waals surface area contributed by atoms with Gasteiger partial charge in [-0.3, -0.25) is 9.59 Å². The van der Waals surface area contributed by atoms with Gasteiger partial charge >= 0.3 is 0 Å². The van der Waals surface area contributed by atoms with E-state index in [9.17, 15) is 9.59 Å². The van der Waals surface area contributed by atoms with Crippen LogP contribution in [0.3, 0.4) is 0 Å². The van der Waals surface area contributed by atoms with Crippen LogP contribution < -0.4 is 11.5 Å². The Hall–Kier alpha value is -1.81. The molecule has 0 aromatic heterocycles. The Morgan fingerprint density at radius 2 is 1.80 bits per heavy atom. The van der Waals surface area contributed by atoms with E-state index in [4.69, 9.17) is 23.1 Å². The van der Waals surface area contributed by atoms with Gasteiger partial charge in [0.25, 0.3) is 0 Å². The summed E-state index contributed by atoms with van der Waals surface area (Å²) in [7, 11) is 0. The molecule has 2 aliphatic carbocycles. The largest absolute Gasteiger partial charge is 0.369 e. The van der Waals surface area contributed by atoms with Crippen molar-refractivity contribution in [2.24, 2.45) is 29.2 Å². The molecule has 2 amide bonds. The van der Waals surface area contributed by atoms with Crippen LogP contribution in [0.25, 0.3) is 0 Å². The van der Waals surface area contributed by atoms with E-state index in [0.717, 1.165) is 12.0 Å². The van der Waals surface area contributed by atoms with Crippen LogP contribution in [0.1, 0.15) is 12.0 Å². The zero-order valence-corrected chi connectivity index (χ0v) is 11.5. The number of nitrogens with two attached hydrogens (primary N) is 2. The molecule has 2 aliphatic rings. The third kappa shape index (κ3) is 1.54. The van der Waals surface area contributed by atoms with Crippen molar-refractivity contribution in [3.63, 3.8) is 0 Å². The highest BCUT2D eigenvalue weighted by atomic mass is 35.5. The van der Waals surface area contributed by atoms with Crippen molar-refractivity contribution in [1.29, 1.82) is 0 Å². The maximum atomic E-state index is 12.3. The number of carbonyl (C=O) groups excluding carboxylic acids is 2. The van der Waals surface area contributed by atoms with E-state index in [1.165, 1.54) is 0 Å². The van der Waals surface area contributed by atoms with Gasteiger partial charge in [0.15, 0.2) is 0 Å². The average molecular weight is 291 g/mol. The molecule has 4 unspecified atom stereocenters. The Labute approximate surface area is 121 Å². The lowest BCUT2D eigenvalue weighted by molar-refractivity contribution is -0.134. The van der Waals surface area contributed by atoms with E-state index < -0.39 is 23.1 Å². The molecule has 4 atom stereocenters. The standard InChI is InChI=1S/C15H15ClN2O2/c16-11-5-3-9(4-6-11)15(14(18)20)10-2-1-8(7-10)12(15)13(17)19/h1-6,8,10,12H,7H2,(H2,17,19)(H2,18,20). The van der Waals surface area contributed by atoms with E-state index in [0.29, 0.717) is 5.02 Å². The van der Waals surface area contributed by atoms with Crippen molar-refractivity contribution in [3.05, 3.63) is 47.0 Å². The lowest BCUT2D eigenvalue weighted by Crippen LogP contribution is -2.54. The minimum atomic E-state index is -1.05. The van der Waals surface area contributed by atoms with Crippen LogP contribution in [-0.4, -0.2) is 11.8 Å². The molecular weight excluding hydrogens is 276 g/mol. The van der Waals surface area contributed by atoms with Gasteiger partial charge in [0.1, 0.15) is 0 Å². The fraction of sp³-hybridized carbons (Fsp3) is 0.333. The first-order valence-corrected chi connectivity index (χ1v) is 6.89. The highest BCUT2D eigenvalue weighted by Crippen LogP contribution is 2.57. The minimum Gasteiger partial charge on any atom is -0.369 e. The monoisotopic (exact) mass is 290 g/mol. The molecule has 0 heterocycles. The number of carbonyl (C=O) groups is 2. The first kappa shape index (κ1) is 13.2. The summed E-state index contributed by atoms with van der Waals surface area (Å²) in [6, 6.07) is 6.93. The molecule has 0 aliphatic heterocycles. The van der Waals surface area contributed by atoms with Crippen LogP contribution in [0.2, 0.25) is 5.02 Å². The molecule has 2 bridgehead atoms. The molecule has 0 radical (unpaired) electrons. The zero-order valence-electron chi connectivity index (χ0n) is 10.8. The molecule has 1 fully saturated rings. The van der Waals surface area contributed by atoms with Crippen molar-refractivity contribution in [2.45, 2.75) is 11.8 Å². The lowest BCUT2D eigenvalue weighted by Gasteiger charge is -2.38. The van der Waals surface area contributed by atoms with Gasteiger partial charge in [-0.15, -0.1) is 0 Å². The summed E-state index contributed by atoms with van der Waals surface area (Å²) in [6.07, 6.45) is 4.68.